The van der Waals surface area contributed by atoms with Crippen molar-refractivity contribution in [2.24, 2.45) is 5.73 Å². The van der Waals surface area contributed by atoms with Crippen LogP contribution in [-0.4, -0.2) is 18.2 Å². The van der Waals surface area contributed by atoms with Crippen molar-refractivity contribution in [2.75, 3.05) is 0 Å². The number of rotatable bonds is 2. The topological polar surface area (TPSA) is 81.4 Å². The molecule has 2 amide bonds. The van der Waals surface area contributed by atoms with Crippen molar-refractivity contribution < 1.29 is 14.3 Å². The summed E-state index contributed by atoms with van der Waals surface area (Å²) in [7, 11) is 0. The molecule has 1 atom stereocenters. The molecule has 10 heavy (non-hydrogen) atoms. The van der Waals surface area contributed by atoms with Gasteiger partial charge >= 0.3 is 12.0 Å². The molecule has 1 unspecified atom stereocenters. The van der Waals surface area contributed by atoms with E-state index in [0.29, 0.717) is 0 Å². The monoisotopic (exact) mass is 146 g/mol. The standard InChI is InChI=1S/C5H10N2O3/c1-3(7-5(6)9)10-4(2)8/h3H,1-2H3,(H3,6,7,9). The molecule has 0 aromatic heterocycles. The van der Waals surface area contributed by atoms with Gasteiger partial charge in [0.15, 0.2) is 6.23 Å². The number of urea groups is 1. The van der Waals surface area contributed by atoms with Crippen molar-refractivity contribution in [3.63, 3.8) is 0 Å². The zero-order valence-electron chi connectivity index (χ0n) is 5.88. The lowest BCUT2D eigenvalue weighted by Crippen LogP contribution is -2.39. The van der Waals surface area contributed by atoms with Crippen LogP contribution in [-0.2, 0) is 9.53 Å². The Balaban J connectivity index is 3.53. The van der Waals surface area contributed by atoms with Crippen LogP contribution in [0.5, 0.6) is 0 Å². The molecule has 0 aromatic rings. The van der Waals surface area contributed by atoms with Gasteiger partial charge in [-0.3, -0.25) is 4.79 Å². The summed E-state index contributed by atoms with van der Waals surface area (Å²) in [5, 5.41) is 2.17. The van der Waals surface area contributed by atoms with E-state index < -0.39 is 18.2 Å². The summed E-state index contributed by atoms with van der Waals surface area (Å²) in [4.78, 5) is 20.3. The number of carbonyl (C=O) groups excluding carboxylic acids is 2. The molecule has 0 aliphatic rings. The summed E-state index contributed by atoms with van der Waals surface area (Å²) in [6.45, 7) is 2.76. The predicted molar refractivity (Wildman–Crippen MR) is 33.9 cm³/mol. The quantitative estimate of drug-likeness (QED) is 0.409. The van der Waals surface area contributed by atoms with Gasteiger partial charge in [-0.15, -0.1) is 0 Å². The van der Waals surface area contributed by atoms with Gasteiger partial charge in [0.05, 0.1) is 0 Å². The maximum absolute atomic E-state index is 10.2. The van der Waals surface area contributed by atoms with Crippen molar-refractivity contribution >= 4 is 12.0 Å². The Morgan fingerprint density at radius 2 is 2.10 bits per heavy atom. The Kier molecular flexibility index (Phi) is 3.24. The van der Waals surface area contributed by atoms with E-state index in [-0.39, 0.29) is 0 Å². The van der Waals surface area contributed by atoms with Gasteiger partial charge in [-0.05, 0) is 6.92 Å². The molecular formula is C5H10N2O3. The Morgan fingerprint density at radius 3 is 2.40 bits per heavy atom. The zero-order chi connectivity index (χ0) is 8.15. The second-order valence-corrected chi connectivity index (χ2v) is 1.76. The van der Waals surface area contributed by atoms with E-state index in [9.17, 15) is 9.59 Å². The predicted octanol–water partition coefficient (Wildman–Crippen LogP) is -0.436. The summed E-state index contributed by atoms with van der Waals surface area (Å²) in [5.74, 6) is -0.457. The highest BCUT2D eigenvalue weighted by atomic mass is 16.6. The Bertz CT molecular complexity index is 130. The van der Waals surface area contributed by atoms with Crippen LogP contribution in [0.25, 0.3) is 0 Å². The molecule has 0 aliphatic heterocycles. The summed E-state index contributed by atoms with van der Waals surface area (Å²) in [5.41, 5.74) is 4.73. The second-order valence-electron chi connectivity index (χ2n) is 1.76. The molecule has 0 saturated heterocycles. The normalized spacial score (nSPS) is 11.8. The van der Waals surface area contributed by atoms with E-state index in [1.807, 2.05) is 0 Å². The maximum atomic E-state index is 10.2. The van der Waals surface area contributed by atoms with Gasteiger partial charge in [0.1, 0.15) is 0 Å². The van der Waals surface area contributed by atoms with E-state index in [1.165, 1.54) is 13.8 Å². The Hall–Kier alpha value is -1.26. The molecule has 0 fully saturated rings. The number of carbonyl (C=O) groups is 2. The first-order chi connectivity index (χ1) is 4.52. The summed E-state index contributed by atoms with van der Waals surface area (Å²) < 4.78 is 4.51. The lowest BCUT2D eigenvalue weighted by atomic mass is 10.6. The number of primary amides is 1. The fourth-order valence-corrected chi connectivity index (χ4v) is 0.479. The molecule has 0 heterocycles. The van der Waals surface area contributed by atoms with Gasteiger partial charge in [0, 0.05) is 6.92 Å². The third kappa shape index (κ3) is 4.89. The minimum Gasteiger partial charge on any atom is -0.442 e. The van der Waals surface area contributed by atoms with Gasteiger partial charge < -0.3 is 15.8 Å². The van der Waals surface area contributed by atoms with Crippen LogP contribution in [0.4, 0.5) is 4.79 Å². The van der Waals surface area contributed by atoms with Crippen LogP contribution >= 0.6 is 0 Å². The van der Waals surface area contributed by atoms with E-state index in [2.05, 4.69) is 10.1 Å². The van der Waals surface area contributed by atoms with Crippen LogP contribution in [0.1, 0.15) is 13.8 Å². The first-order valence-corrected chi connectivity index (χ1v) is 2.75. The molecule has 5 nitrogen and oxygen atoms in total. The van der Waals surface area contributed by atoms with Crippen LogP contribution in [0.3, 0.4) is 0 Å². The number of nitrogens with two attached hydrogens (primary N) is 1. The summed E-state index contributed by atoms with van der Waals surface area (Å²) in [6, 6.07) is -0.714. The molecule has 3 N–H and O–H groups in total. The first kappa shape index (κ1) is 8.74. The number of ether oxygens (including phenoxy) is 1. The minimum atomic E-state index is -0.714. The van der Waals surface area contributed by atoms with Crippen molar-refractivity contribution in [3.8, 4) is 0 Å². The fourth-order valence-electron chi connectivity index (χ4n) is 0.479. The average Bonchev–Trinajstić information content (AvgIpc) is 1.58. The van der Waals surface area contributed by atoms with Gasteiger partial charge in [-0.2, -0.15) is 0 Å². The zero-order valence-corrected chi connectivity index (χ0v) is 5.88. The fraction of sp³-hybridized carbons (Fsp3) is 0.600. The van der Waals surface area contributed by atoms with E-state index in [1.54, 1.807) is 0 Å². The molecule has 0 saturated carbocycles. The van der Waals surface area contributed by atoms with E-state index >= 15 is 0 Å². The Labute approximate surface area is 58.5 Å². The minimum absolute atomic E-state index is 0.457. The Morgan fingerprint density at radius 1 is 1.60 bits per heavy atom. The second kappa shape index (κ2) is 3.71. The number of nitrogens with one attached hydrogen (secondary N) is 1. The highest BCUT2D eigenvalue weighted by Crippen LogP contribution is 1.84. The third-order valence-electron chi connectivity index (χ3n) is 0.688. The van der Waals surface area contributed by atoms with E-state index in [4.69, 9.17) is 5.73 Å². The molecule has 0 aliphatic carbocycles. The number of hydrogen-bond donors (Lipinski definition) is 2. The van der Waals surface area contributed by atoms with E-state index in [0.717, 1.165) is 0 Å². The lowest BCUT2D eigenvalue weighted by molar-refractivity contribution is -0.146. The SMILES string of the molecule is CC(=O)OC(C)NC(N)=O. The number of amides is 2. The summed E-state index contributed by atoms with van der Waals surface area (Å²) >= 11 is 0. The van der Waals surface area contributed by atoms with Gasteiger partial charge in [-0.1, -0.05) is 0 Å². The molecule has 5 heteroatoms. The average molecular weight is 146 g/mol. The van der Waals surface area contributed by atoms with Crippen molar-refractivity contribution in [1.82, 2.24) is 5.32 Å². The van der Waals surface area contributed by atoms with Crippen LogP contribution in [0.2, 0.25) is 0 Å². The summed E-state index contributed by atoms with van der Waals surface area (Å²) in [6.07, 6.45) is -0.657. The molecule has 0 bridgehead atoms. The largest absolute Gasteiger partial charge is 0.442 e. The lowest BCUT2D eigenvalue weighted by Gasteiger charge is -2.10. The molecule has 0 radical (unpaired) electrons. The van der Waals surface area contributed by atoms with Crippen LogP contribution in [0.15, 0.2) is 0 Å². The van der Waals surface area contributed by atoms with Gasteiger partial charge in [0.2, 0.25) is 0 Å². The molecule has 0 rings (SSSR count). The third-order valence-corrected chi connectivity index (χ3v) is 0.688. The van der Waals surface area contributed by atoms with Crippen molar-refractivity contribution in [2.45, 2.75) is 20.1 Å². The van der Waals surface area contributed by atoms with Crippen molar-refractivity contribution in [1.29, 1.82) is 0 Å². The highest BCUT2D eigenvalue weighted by Gasteiger charge is 2.04. The molecule has 0 aromatic carbocycles. The van der Waals surface area contributed by atoms with Gasteiger partial charge in [0.25, 0.3) is 0 Å². The molecule has 58 valence electrons. The maximum Gasteiger partial charge on any atom is 0.314 e. The molecular weight excluding hydrogens is 136 g/mol. The smallest absolute Gasteiger partial charge is 0.314 e. The highest BCUT2D eigenvalue weighted by molar-refractivity contribution is 5.72. The first-order valence-electron chi connectivity index (χ1n) is 2.75. The van der Waals surface area contributed by atoms with Crippen LogP contribution < -0.4 is 11.1 Å². The van der Waals surface area contributed by atoms with Crippen molar-refractivity contribution in [3.05, 3.63) is 0 Å². The number of hydrogen-bond acceptors (Lipinski definition) is 3. The number of esters is 1. The molecule has 0 spiro atoms. The van der Waals surface area contributed by atoms with Crippen LogP contribution in [0, 0.1) is 0 Å². The van der Waals surface area contributed by atoms with Gasteiger partial charge in [-0.25, -0.2) is 4.79 Å².